The van der Waals surface area contributed by atoms with Crippen LogP contribution in [0, 0.1) is 11.3 Å². The van der Waals surface area contributed by atoms with E-state index < -0.39 is 36.6 Å². The lowest BCUT2D eigenvalue weighted by atomic mass is 10.1. The van der Waals surface area contributed by atoms with Crippen LogP contribution >= 0.6 is 0 Å². The Kier molecular flexibility index (Phi) is 4.73. The Morgan fingerprint density at radius 3 is 2.33 bits per heavy atom. The number of anilines is 1. The highest BCUT2D eigenvalue weighted by atomic mass is 19.4. The molecular formula is C14H9F6N3O. The largest absolute Gasteiger partial charge is 0.417 e. The molecule has 0 aliphatic rings. The van der Waals surface area contributed by atoms with Crippen molar-refractivity contribution in [2.45, 2.75) is 18.9 Å². The number of nitrogens with zero attached hydrogens (tertiary/aromatic N) is 3. The molecule has 4 nitrogen and oxygen atoms in total. The van der Waals surface area contributed by atoms with Crippen LogP contribution in [0.2, 0.25) is 0 Å². The first-order valence-corrected chi connectivity index (χ1v) is 6.43. The fraction of sp³-hybridized carbons (Fsp3) is 0.286. The molecule has 0 spiro atoms. The normalized spacial score (nSPS) is 12.0. The van der Waals surface area contributed by atoms with Gasteiger partial charge in [0.25, 0.3) is 0 Å². The Balaban J connectivity index is 2.44. The van der Waals surface area contributed by atoms with E-state index in [2.05, 4.69) is 5.16 Å². The third-order valence-corrected chi connectivity index (χ3v) is 3.00. The molecule has 10 heteroatoms. The fourth-order valence-electron chi connectivity index (χ4n) is 2.03. The minimum atomic E-state index is -4.86. The van der Waals surface area contributed by atoms with E-state index in [9.17, 15) is 26.3 Å². The van der Waals surface area contributed by atoms with E-state index in [1.165, 1.54) is 18.3 Å². The molecule has 2 aromatic rings. The summed E-state index contributed by atoms with van der Waals surface area (Å²) in [6.45, 7) is -1.92. The summed E-state index contributed by atoms with van der Waals surface area (Å²) in [5.41, 5.74) is -2.31. The molecule has 24 heavy (non-hydrogen) atoms. The maximum atomic E-state index is 13.0. The van der Waals surface area contributed by atoms with Gasteiger partial charge in [-0.1, -0.05) is 5.16 Å². The number of alkyl halides is 6. The second-order valence-corrected chi connectivity index (χ2v) is 4.79. The maximum Gasteiger partial charge on any atom is 0.417 e. The summed E-state index contributed by atoms with van der Waals surface area (Å²) in [7, 11) is 0. The summed E-state index contributed by atoms with van der Waals surface area (Å²) in [5, 5.41) is 12.1. The predicted molar refractivity (Wildman–Crippen MR) is 69.8 cm³/mol. The molecule has 1 aromatic carbocycles. The molecule has 1 aromatic heterocycles. The number of benzene rings is 1. The van der Waals surface area contributed by atoms with Crippen molar-refractivity contribution in [2.75, 3.05) is 11.4 Å². The maximum absolute atomic E-state index is 13.0. The molecule has 0 N–H and O–H groups in total. The summed E-state index contributed by atoms with van der Waals surface area (Å²) in [6.07, 6.45) is -8.30. The smallest absolute Gasteiger partial charge is 0.360 e. The van der Waals surface area contributed by atoms with Crippen molar-refractivity contribution < 1.29 is 30.9 Å². The van der Waals surface area contributed by atoms with E-state index in [1.807, 2.05) is 0 Å². The van der Waals surface area contributed by atoms with Gasteiger partial charge < -0.3 is 9.42 Å². The molecular weight excluding hydrogens is 340 g/mol. The molecule has 1 heterocycles. The van der Waals surface area contributed by atoms with Crippen molar-refractivity contribution in [1.29, 1.82) is 5.26 Å². The van der Waals surface area contributed by atoms with E-state index in [0.717, 1.165) is 12.1 Å². The second kappa shape index (κ2) is 6.43. The third-order valence-electron chi connectivity index (χ3n) is 3.00. The first kappa shape index (κ1) is 17.7. The molecule has 0 fully saturated rings. The van der Waals surface area contributed by atoms with Crippen LogP contribution in [0.4, 0.5) is 32.0 Å². The average molecular weight is 349 g/mol. The van der Waals surface area contributed by atoms with Crippen LogP contribution in [-0.4, -0.2) is 17.9 Å². The highest BCUT2D eigenvalue weighted by Gasteiger charge is 2.36. The Morgan fingerprint density at radius 1 is 1.12 bits per heavy atom. The monoisotopic (exact) mass is 349 g/mol. The van der Waals surface area contributed by atoms with Crippen LogP contribution in [0.3, 0.4) is 0 Å². The summed E-state index contributed by atoms with van der Waals surface area (Å²) in [6, 6.07) is 5.05. The molecule has 0 aliphatic carbocycles. The Labute approximate surface area is 131 Å². The number of halogens is 6. The highest BCUT2D eigenvalue weighted by molar-refractivity contribution is 5.55. The van der Waals surface area contributed by atoms with Gasteiger partial charge >= 0.3 is 12.4 Å². The first-order valence-electron chi connectivity index (χ1n) is 6.43. The number of aromatic nitrogens is 1. The first-order chi connectivity index (χ1) is 11.1. The number of rotatable bonds is 4. The van der Waals surface area contributed by atoms with E-state index in [4.69, 9.17) is 9.78 Å². The quantitative estimate of drug-likeness (QED) is 0.779. The lowest BCUT2D eigenvalue weighted by molar-refractivity contribution is -0.137. The molecule has 2 rings (SSSR count). The van der Waals surface area contributed by atoms with Crippen LogP contribution in [0.15, 0.2) is 35.0 Å². The van der Waals surface area contributed by atoms with Gasteiger partial charge in [0.2, 0.25) is 0 Å². The zero-order chi connectivity index (χ0) is 18.0. The SMILES string of the molecule is N#Cc1ccc(N(Cc2ccno2)CC(F)(F)F)cc1C(F)(F)F. The van der Waals surface area contributed by atoms with E-state index in [-0.39, 0.29) is 11.4 Å². The Hall–Kier alpha value is -2.70. The van der Waals surface area contributed by atoms with Gasteiger partial charge in [-0.15, -0.1) is 0 Å². The summed E-state index contributed by atoms with van der Waals surface area (Å²) in [5.74, 6) is 0.0529. The minimum absolute atomic E-state index is 0.0529. The molecule has 0 saturated carbocycles. The van der Waals surface area contributed by atoms with Crippen molar-refractivity contribution in [3.05, 3.63) is 47.3 Å². The lowest BCUT2D eigenvalue weighted by Gasteiger charge is -2.25. The van der Waals surface area contributed by atoms with Crippen LogP contribution in [0.25, 0.3) is 0 Å². The fourth-order valence-corrected chi connectivity index (χ4v) is 2.03. The van der Waals surface area contributed by atoms with E-state index in [0.29, 0.717) is 11.0 Å². The van der Waals surface area contributed by atoms with Gasteiger partial charge in [0.15, 0.2) is 5.76 Å². The van der Waals surface area contributed by atoms with Gasteiger partial charge in [-0.05, 0) is 18.2 Å². The standard InChI is InChI=1S/C14H9F6N3O/c15-13(16,17)8-23(7-11-3-4-22-24-11)10-2-1-9(6-21)12(5-10)14(18,19)20/h1-5H,7-8H2. The van der Waals surface area contributed by atoms with Crippen molar-refractivity contribution in [3.63, 3.8) is 0 Å². The van der Waals surface area contributed by atoms with Crippen LogP contribution < -0.4 is 4.90 Å². The van der Waals surface area contributed by atoms with Gasteiger partial charge in [0.1, 0.15) is 6.54 Å². The van der Waals surface area contributed by atoms with Crippen LogP contribution in [-0.2, 0) is 12.7 Å². The van der Waals surface area contributed by atoms with Crippen LogP contribution in [0.1, 0.15) is 16.9 Å². The van der Waals surface area contributed by atoms with Gasteiger partial charge in [-0.25, -0.2) is 0 Å². The molecule has 0 saturated heterocycles. The Bertz CT molecular complexity index is 730. The molecule has 128 valence electrons. The summed E-state index contributed by atoms with van der Waals surface area (Å²) >= 11 is 0. The average Bonchev–Trinajstić information content (AvgIpc) is 2.96. The van der Waals surface area contributed by atoms with Crippen molar-refractivity contribution >= 4 is 5.69 Å². The zero-order valence-corrected chi connectivity index (χ0v) is 11.8. The zero-order valence-electron chi connectivity index (χ0n) is 11.8. The summed E-state index contributed by atoms with van der Waals surface area (Å²) in [4.78, 5) is 0.664. The third kappa shape index (κ3) is 4.41. The molecule has 0 atom stereocenters. The van der Waals surface area contributed by atoms with Crippen LogP contribution in [0.5, 0.6) is 0 Å². The van der Waals surface area contributed by atoms with Crippen molar-refractivity contribution in [2.24, 2.45) is 0 Å². The minimum Gasteiger partial charge on any atom is -0.360 e. The molecule has 0 unspecified atom stereocenters. The van der Waals surface area contributed by atoms with E-state index in [1.54, 1.807) is 0 Å². The topological polar surface area (TPSA) is 53.1 Å². The number of hydrogen-bond acceptors (Lipinski definition) is 4. The number of hydrogen-bond donors (Lipinski definition) is 0. The summed E-state index contributed by atoms with van der Waals surface area (Å²) < 4.78 is 81.8. The molecule has 0 radical (unpaired) electrons. The van der Waals surface area contributed by atoms with E-state index >= 15 is 0 Å². The van der Waals surface area contributed by atoms with Gasteiger partial charge in [-0.2, -0.15) is 31.6 Å². The highest BCUT2D eigenvalue weighted by Crippen LogP contribution is 2.35. The van der Waals surface area contributed by atoms with Gasteiger partial charge in [-0.3, -0.25) is 0 Å². The Morgan fingerprint density at radius 2 is 1.83 bits per heavy atom. The number of nitriles is 1. The van der Waals surface area contributed by atoms with Gasteiger partial charge in [0, 0.05) is 11.8 Å². The van der Waals surface area contributed by atoms with Crippen molar-refractivity contribution in [3.8, 4) is 6.07 Å². The van der Waals surface area contributed by atoms with Crippen molar-refractivity contribution in [1.82, 2.24) is 5.16 Å². The van der Waals surface area contributed by atoms with Gasteiger partial charge in [0.05, 0.1) is 29.9 Å². The second-order valence-electron chi connectivity index (χ2n) is 4.79. The molecule has 0 aliphatic heterocycles. The predicted octanol–water partition coefficient (Wildman–Crippen LogP) is 4.13. The molecule has 0 amide bonds. The molecule has 0 bridgehead atoms. The lowest BCUT2D eigenvalue weighted by Crippen LogP contribution is -2.34.